The third-order valence-corrected chi connectivity index (χ3v) is 2.02. The number of carbonyl (C=O) groups excluding carboxylic acids is 2. The second-order valence-corrected chi connectivity index (χ2v) is 3.12. The smallest absolute Gasteiger partial charge is 0.243 e. The van der Waals surface area contributed by atoms with Crippen LogP contribution in [0.2, 0.25) is 0 Å². The van der Waals surface area contributed by atoms with E-state index >= 15 is 0 Å². The highest BCUT2D eigenvalue weighted by Gasteiger charge is 2.24. The number of unbranched alkanes of at least 4 members (excludes halogenated alkanes) is 1. The van der Waals surface area contributed by atoms with E-state index in [1.807, 2.05) is 0 Å². The number of amides is 2. The van der Waals surface area contributed by atoms with Crippen molar-refractivity contribution in [2.45, 2.75) is 25.3 Å². The molecule has 4 N–H and O–H groups in total. The van der Waals surface area contributed by atoms with Gasteiger partial charge in [0.15, 0.2) is 0 Å². The quantitative estimate of drug-likeness (QED) is 0.477. The van der Waals surface area contributed by atoms with Crippen molar-refractivity contribution < 1.29 is 9.59 Å². The van der Waals surface area contributed by atoms with Gasteiger partial charge in [-0.05, 0) is 25.8 Å². The lowest BCUT2D eigenvalue weighted by molar-refractivity contribution is -0.133. The van der Waals surface area contributed by atoms with Crippen LogP contribution in [0.1, 0.15) is 19.3 Å². The molecule has 0 saturated carbocycles. The first-order valence-corrected chi connectivity index (χ1v) is 4.51. The minimum absolute atomic E-state index is 0.0865. The van der Waals surface area contributed by atoms with Gasteiger partial charge in [0.05, 0.1) is 6.54 Å². The van der Waals surface area contributed by atoms with Crippen LogP contribution < -0.4 is 16.4 Å². The van der Waals surface area contributed by atoms with Crippen LogP contribution in [0, 0.1) is 0 Å². The Bertz CT molecular complexity index is 206. The summed E-state index contributed by atoms with van der Waals surface area (Å²) >= 11 is 0. The highest BCUT2D eigenvalue weighted by atomic mass is 16.2. The first-order chi connectivity index (χ1) is 6.24. The Morgan fingerprint density at radius 2 is 2.15 bits per heavy atom. The first-order valence-electron chi connectivity index (χ1n) is 4.51. The third-order valence-electron chi connectivity index (χ3n) is 2.02. The molecule has 0 aromatic carbocycles. The minimum atomic E-state index is -0.354. The summed E-state index contributed by atoms with van der Waals surface area (Å²) in [4.78, 5) is 22.1. The standard InChI is InChI=1S/C8H15N3O2/c9-4-2-1-3-6-8(13)10-5-7(12)11-6/h6H,1-5,9H2,(H,10,13)(H,11,12)/t6-/m0/s1. The van der Waals surface area contributed by atoms with E-state index in [0.29, 0.717) is 13.0 Å². The van der Waals surface area contributed by atoms with Gasteiger partial charge in [-0.3, -0.25) is 9.59 Å². The molecule has 2 amide bonds. The Hall–Kier alpha value is -1.10. The van der Waals surface area contributed by atoms with E-state index in [1.165, 1.54) is 0 Å². The van der Waals surface area contributed by atoms with Crippen LogP contribution in [0.25, 0.3) is 0 Å². The summed E-state index contributed by atoms with van der Waals surface area (Å²) in [5, 5.41) is 5.16. The number of hydrogen-bond donors (Lipinski definition) is 3. The van der Waals surface area contributed by atoms with Crippen molar-refractivity contribution in [3.8, 4) is 0 Å². The average molecular weight is 185 g/mol. The molecule has 1 saturated heterocycles. The van der Waals surface area contributed by atoms with Crippen molar-refractivity contribution in [2.75, 3.05) is 13.1 Å². The van der Waals surface area contributed by atoms with Crippen molar-refractivity contribution >= 4 is 11.8 Å². The fourth-order valence-corrected chi connectivity index (χ4v) is 1.30. The van der Waals surface area contributed by atoms with E-state index < -0.39 is 0 Å². The maximum Gasteiger partial charge on any atom is 0.243 e. The van der Waals surface area contributed by atoms with Crippen LogP contribution in [-0.4, -0.2) is 30.9 Å². The van der Waals surface area contributed by atoms with E-state index in [4.69, 9.17) is 5.73 Å². The van der Waals surface area contributed by atoms with Crippen LogP contribution in [0.15, 0.2) is 0 Å². The van der Waals surface area contributed by atoms with E-state index in [0.717, 1.165) is 12.8 Å². The van der Waals surface area contributed by atoms with E-state index in [1.54, 1.807) is 0 Å². The van der Waals surface area contributed by atoms with Gasteiger partial charge in [0.2, 0.25) is 11.8 Å². The molecule has 1 fully saturated rings. The number of carbonyl (C=O) groups is 2. The molecule has 1 rings (SSSR count). The molecule has 1 atom stereocenters. The molecule has 0 unspecified atom stereocenters. The maximum absolute atomic E-state index is 11.2. The molecule has 74 valence electrons. The molecule has 1 aliphatic rings. The number of nitrogens with one attached hydrogen (secondary N) is 2. The van der Waals surface area contributed by atoms with Crippen molar-refractivity contribution in [1.29, 1.82) is 0 Å². The van der Waals surface area contributed by atoms with Crippen LogP contribution in [0.5, 0.6) is 0 Å². The molecule has 0 spiro atoms. The van der Waals surface area contributed by atoms with Crippen LogP contribution in [-0.2, 0) is 9.59 Å². The van der Waals surface area contributed by atoms with Gasteiger partial charge in [0, 0.05) is 0 Å². The van der Waals surface area contributed by atoms with E-state index in [-0.39, 0.29) is 24.4 Å². The lowest BCUT2D eigenvalue weighted by atomic mass is 10.1. The maximum atomic E-state index is 11.2. The zero-order chi connectivity index (χ0) is 9.68. The molecule has 0 bridgehead atoms. The molecule has 0 aliphatic carbocycles. The summed E-state index contributed by atoms with van der Waals surface area (Å²) < 4.78 is 0. The fourth-order valence-electron chi connectivity index (χ4n) is 1.30. The molecule has 1 aliphatic heterocycles. The topological polar surface area (TPSA) is 84.2 Å². The minimum Gasteiger partial charge on any atom is -0.345 e. The van der Waals surface area contributed by atoms with Crippen LogP contribution in [0.4, 0.5) is 0 Å². The van der Waals surface area contributed by atoms with Gasteiger partial charge in [-0.2, -0.15) is 0 Å². The Balaban J connectivity index is 2.29. The zero-order valence-electron chi connectivity index (χ0n) is 7.51. The van der Waals surface area contributed by atoms with E-state index in [9.17, 15) is 9.59 Å². The van der Waals surface area contributed by atoms with Gasteiger partial charge in [0.1, 0.15) is 6.04 Å². The van der Waals surface area contributed by atoms with Crippen LogP contribution >= 0.6 is 0 Å². The van der Waals surface area contributed by atoms with Gasteiger partial charge in [0.25, 0.3) is 0 Å². The molecule has 5 nitrogen and oxygen atoms in total. The molecule has 0 aromatic heterocycles. The largest absolute Gasteiger partial charge is 0.345 e. The zero-order valence-corrected chi connectivity index (χ0v) is 7.51. The molecule has 5 heteroatoms. The molecule has 0 radical (unpaired) electrons. The lowest BCUT2D eigenvalue weighted by Crippen LogP contribution is -2.56. The Kier molecular flexibility index (Phi) is 3.70. The summed E-state index contributed by atoms with van der Waals surface area (Å²) in [5.74, 6) is -0.200. The number of piperazine rings is 1. The predicted octanol–water partition coefficient (Wildman–Crippen LogP) is -1.27. The van der Waals surface area contributed by atoms with Gasteiger partial charge in [-0.25, -0.2) is 0 Å². The highest BCUT2D eigenvalue weighted by molar-refractivity contribution is 5.94. The molecule has 0 aromatic rings. The average Bonchev–Trinajstić information content (AvgIpc) is 2.11. The lowest BCUT2D eigenvalue weighted by Gasteiger charge is -2.22. The van der Waals surface area contributed by atoms with Crippen molar-refractivity contribution in [2.24, 2.45) is 5.73 Å². The normalized spacial score (nSPS) is 22.4. The van der Waals surface area contributed by atoms with E-state index in [2.05, 4.69) is 10.6 Å². The van der Waals surface area contributed by atoms with Crippen molar-refractivity contribution in [3.05, 3.63) is 0 Å². The Labute approximate surface area is 77.1 Å². The molecule has 13 heavy (non-hydrogen) atoms. The number of rotatable bonds is 4. The molecular weight excluding hydrogens is 170 g/mol. The summed E-state index contributed by atoms with van der Waals surface area (Å²) in [7, 11) is 0. The second kappa shape index (κ2) is 4.81. The summed E-state index contributed by atoms with van der Waals surface area (Å²) in [5.41, 5.74) is 5.32. The van der Waals surface area contributed by atoms with Crippen molar-refractivity contribution in [1.82, 2.24) is 10.6 Å². The van der Waals surface area contributed by atoms with Gasteiger partial charge < -0.3 is 16.4 Å². The summed E-state index contributed by atoms with van der Waals surface area (Å²) in [6.45, 7) is 0.731. The van der Waals surface area contributed by atoms with Crippen molar-refractivity contribution in [3.63, 3.8) is 0 Å². The predicted molar refractivity (Wildman–Crippen MR) is 47.8 cm³/mol. The second-order valence-electron chi connectivity index (χ2n) is 3.12. The van der Waals surface area contributed by atoms with Gasteiger partial charge in [-0.15, -0.1) is 0 Å². The van der Waals surface area contributed by atoms with Gasteiger partial charge >= 0.3 is 0 Å². The SMILES string of the molecule is NCCCC[C@@H]1NC(=O)CNC1=O. The fraction of sp³-hybridized carbons (Fsp3) is 0.750. The highest BCUT2D eigenvalue weighted by Crippen LogP contribution is 2.02. The van der Waals surface area contributed by atoms with Gasteiger partial charge in [-0.1, -0.05) is 0 Å². The Morgan fingerprint density at radius 3 is 2.85 bits per heavy atom. The Morgan fingerprint density at radius 1 is 1.38 bits per heavy atom. The molecular formula is C8H15N3O2. The number of nitrogens with two attached hydrogens (primary N) is 1. The summed E-state index contributed by atoms with van der Waals surface area (Å²) in [6.07, 6.45) is 2.43. The number of hydrogen-bond acceptors (Lipinski definition) is 3. The van der Waals surface area contributed by atoms with Crippen LogP contribution in [0.3, 0.4) is 0 Å². The summed E-state index contributed by atoms with van der Waals surface area (Å²) in [6, 6.07) is -0.354. The molecule has 1 heterocycles. The first kappa shape index (κ1) is 9.98. The third kappa shape index (κ3) is 3.02. The monoisotopic (exact) mass is 185 g/mol.